The highest BCUT2D eigenvalue weighted by atomic mass is 16.5. The van der Waals surface area contributed by atoms with E-state index in [-0.39, 0.29) is 0 Å². The van der Waals surface area contributed by atoms with Crippen LogP contribution >= 0.6 is 0 Å². The van der Waals surface area contributed by atoms with Crippen molar-refractivity contribution in [3.05, 3.63) is 36.8 Å². The Kier molecular flexibility index (Phi) is 6.93. The Morgan fingerprint density at radius 1 is 1.00 bits per heavy atom. The van der Waals surface area contributed by atoms with Gasteiger partial charge in [-0.15, -0.1) is 0 Å². The van der Waals surface area contributed by atoms with Gasteiger partial charge in [0.1, 0.15) is 5.75 Å². The average Bonchev–Trinajstić information content (AvgIpc) is 2.74. The summed E-state index contributed by atoms with van der Waals surface area (Å²) in [6.07, 6.45) is 8.69. The Morgan fingerprint density at radius 3 is 2.35 bits per heavy atom. The molecule has 0 atom stereocenters. The lowest BCUT2D eigenvalue weighted by Gasteiger charge is -2.19. The molecule has 0 bridgehead atoms. The zero-order valence-electron chi connectivity index (χ0n) is 12.7. The lowest BCUT2D eigenvalue weighted by molar-refractivity contribution is 0.240. The zero-order valence-corrected chi connectivity index (χ0v) is 12.7. The van der Waals surface area contributed by atoms with Gasteiger partial charge in [0.2, 0.25) is 0 Å². The molecule has 2 nitrogen and oxygen atoms in total. The lowest BCUT2D eigenvalue weighted by atomic mass is 10.1. The van der Waals surface area contributed by atoms with Gasteiger partial charge < -0.3 is 9.64 Å². The second kappa shape index (κ2) is 9.02. The molecule has 0 spiro atoms. The fourth-order valence-electron chi connectivity index (χ4n) is 2.79. The highest BCUT2D eigenvalue weighted by Gasteiger charge is 2.08. The summed E-state index contributed by atoms with van der Waals surface area (Å²) in [7, 11) is 0. The standard InChI is InChI=1S/C18H28NO/c1-2-8-17-9-11-18(12-10-17)20-16-7-15-19-13-5-3-4-6-14-19/h9-12H,1-8,13-16H2. The van der Waals surface area contributed by atoms with Crippen molar-refractivity contribution in [1.82, 2.24) is 4.90 Å². The summed E-state index contributed by atoms with van der Waals surface area (Å²) in [5.74, 6) is 0.994. The Morgan fingerprint density at radius 2 is 1.70 bits per heavy atom. The Balaban J connectivity index is 1.62. The topological polar surface area (TPSA) is 12.5 Å². The molecular formula is C18H28NO. The Labute approximate surface area is 124 Å². The van der Waals surface area contributed by atoms with Crippen molar-refractivity contribution in [2.24, 2.45) is 0 Å². The molecule has 2 heteroatoms. The van der Waals surface area contributed by atoms with Gasteiger partial charge in [-0.2, -0.15) is 0 Å². The molecule has 1 fully saturated rings. The van der Waals surface area contributed by atoms with Gasteiger partial charge >= 0.3 is 0 Å². The van der Waals surface area contributed by atoms with Gasteiger partial charge in [-0.1, -0.05) is 31.9 Å². The first-order valence-electron chi connectivity index (χ1n) is 8.12. The van der Waals surface area contributed by atoms with Gasteiger partial charge in [-0.25, -0.2) is 0 Å². The van der Waals surface area contributed by atoms with Gasteiger partial charge in [-0.3, -0.25) is 0 Å². The van der Waals surface area contributed by atoms with E-state index in [0.29, 0.717) is 0 Å². The Bertz CT molecular complexity index is 352. The number of hydrogen-bond acceptors (Lipinski definition) is 2. The minimum Gasteiger partial charge on any atom is -0.494 e. The van der Waals surface area contributed by atoms with Crippen LogP contribution in [0.3, 0.4) is 0 Å². The molecule has 1 aromatic carbocycles. The summed E-state index contributed by atoms with van der Waals surface area (Å²) >= 11 is 0. The van der Waals surface area contributed by atoms with E-state index in [0.717, 1.165) is 31.6 Å². The second-order valence-electron chi connectivity index (χ2n) is 5.71. The number of likely N-dealkylation sites (tertiary alicyclic amines) is 1. The van der Waals surface area contributed by atoms with Crippen LogP contribution in [0.1, 0.15) is 44.1 Å². The molecule has 1 heterocycles. The van der Waals surface area contributed by atoms with Crippen molar-refractivity contribution in [1.29, 1.82) is 0 Å². The van der Waals surface area contributed by atoms with Crippen molar-refractivity contribution in [3.8, 4) is 5.75 Å². The van der Waals surface area contributed by atoms with E-state index >= 15 is 0 Å². The third kappa shape index (κ3) is 5.54. The molecule has 0 unspecified atom stereocenters. The van der Waals surface area contributed by atoms with Gasteiger partial charge in [0, 0.05) is 6.54 Å². The number of aryl methyl sites for hydroxylation is 1. The first-order valence-corrected chi connectivity index (χ1v) is 8.12. The van der Waals surface area contributed by atoms with Crippen molar-refractivity contribution in [2.75, 3.05) is 26.2 Å². The number of nitrogens with zero attached hydrogens (tertiary/aromatic N) is 1. The summed E-state index contributed by atoms with van der Waals surface area (Å²) in [6, 6.07) is 8.46. The molecule has 0 amide bonds. The fourth-order valence-corrected chi connectivity index (χ4v) is 2.79. The molecule has 1 aliphatic rings. The third-order valence-corrected chi connectivity index (χ3v) is 3.97. The van der Waals surface area contributed by atoms with Crippen LogP contribution in [0.4, 0.5) is 0 Å². The van der Waals surface area contributed by atoms with E-state index in [1.54, 1.807) is 0 Å². The smallest absolute Gasteiger partial charge is 0.119 e. The van der Waals surface area contributed by atoms with E-state index in [9.17, 15) is 0 Å². The van der Waals surface area contributed by atoms with Crippen molar-refractivity contribution < 1.29 is 4.74 Å². The number of rotatable bonds is 7. The maximum atomic E-state index is 5.82. The summed E-state index contributed by atoms with van der Waals surface area (Å²) in [5.41, 5.74) is 1.34. The van der Waals surface area contributed by atoms with Crippen LogP contribution in [0.15, 0.2) is 24.3 Å². The van der Waals surface area contributed by atoms with Gasteiger partial charge in [0.15, 0.2) is 0 Å². The van der Waals surface area contributed by atoms with Crippen molar-refractivity contribution in [2.45, 2.75) is 44.9 Å². The lowest BCUT2D eigenvalue weighted by Crippen LogP contribution is -2.26. The van der Waals surface area contributed by atoms with E-state index < -0.39 is 0 Å². The summed E-state index contributed by atoms with van der Waals surface area (Å²) in [6.45, 7) is 8.44. The molecule has 1 aliphatic heterocycles. The van der Waals surface area contributed by atoms with Crippen LogP contribution in [-0.2, 0) is 6.42 Å². The minimum absolute atomic E-state index is 0.825. The molecule has 0 aliphatic carbocycles. The van der Waals surface area contributed by atoms with Gasteiger partial charge in [-0.05, 0) is 62.9 Å². The first kappa shape index (κ1) is 15.4. The fraction of sp³-hybridized carbons (Fsp3) is 0.611. The molecule has 20 heavy (non-hydrogen) atoms. The average molecular weight is 274 g/mol. The van der Waals surface area contributed by atoms with Crippen LogP contribution in [-0.4, -0.2) is 31.1 Å². The minimum atomic E-state index is 0.825. The molecular weight excluding hydrogens is 246 g/mol. The van der Waals surface area contributed by atoms with Crippen molar-refractivity contribution >= 4 is 0 Å². The number of ether oxygens (including phenoxy) is 1. The molecule has 1 aromatic rings. The van der Waals surface area contributed by atoms with Crippen LogP contribution in [0.25, 0.3) is 0 Å². The van der Waals surface area contributed by atoms with Crippen LogP contribution in [0.5, 0.6) is 5.75 Å². The van der Waals surface area contributed by atoms with Gasteiger partial charge in [0.05, 0.1) is 6.61 Å². The highest BCUT2D eigenvalue weighted by molar-refractivity contribution is 5.27. The van der Waals surface area contributed by atoms with Crippen LogP contribution in [0.2, 0.25) is 0 Å². The largest absolute Gasteiger partial charge is 0.494 e. The maximum absolute atomic E-state index is 5.82. The summed E-state index contributed by atoms with van der Waals surface area (Å²) in [5, 5.41) is 0. The number of hydrogen-bond donors (Lipinski definition) is 0. The second-order valence-corrected chi connectivity index (χ2v) is 5.71. The summed E-state index contributed by atoms with van der Waals surface area (Å²) in [4.78, 5) is 2.59. The summed E-state index contributed by atoms with van der Waals surface area (Å²) < 4.78 is 5.82. The molecule has 111 valence electrons. The maximum Gasteiger partial charge on any atom is 0.119 e. The van der Waals surface area contributed by atoms with E-state index in [4.69, 9.17) is 4.74 Å². The molecule has 2 rings (SSSR count). The van der Waals surface area contributed by atoms with Gasteiger partial charge in [0.25, 0.3) is 0 Å². The van der Waals surface area contributed by atoms with E-state index in [2.05, 4.69) is 36.1 Å². The molecule has 0 saturated carbocycles. The van der Waals surface area contributed by atoms with E-state index in [1.165, 1.54) is 50.9 Å². The monoisotopic (exact) mass is 274 g/mol. The predicted molar refractivity (Wildman–Crippen MR) is 85.1 cm³/mol. The SMILES string of the molecule is [CH2]CCc1ccc(OCCCN2CCCCCC2)cc1. The molecule has 0 aromatic heterocycles. The highest BCUT2D eigenvalue weighted by Crippen LogP contribution is 2.14. The van der Waals surface area contributed by atoms with E-state index in [1.807, 2.05) is 0 Å². The zero-order chi connectivity index (χ0) is 14.0. The molecule has 0 N–H and O–H groups in total. The van der Waals surface area contributed by atoms with Crippen LogP contribution < -0.4 is 4.74 Å². The molecule has 1 radical (unpaired) electrons. The normalized spacial score (nSPS) is 16.9. The first-order chi connectivity index (χ1) is 9.88. The van der Waals surface area contributed by atoms with Crippen molar-refractivity contribution in [3.63, 3.8) is 0 Å². The third-order valence-electron chi connectivity index (χ3n) is 3.97. The number of benzene rings is 1. The predicted octanol–water partition coefficient (Wildman–Crippen LogP) is 4.10. The quantitative estimate of drug-likeness (QED) is 0.694. The Hall–Kier alpha value is -1.02. The molecule has 1 saturated heterocycles. The van der Waals surface area contributed by atoms with Crippen LogP contribution in [0, 0.1) is 6.92 Å².